The number of carbonyl (C=O) groups excluding carboxylic acids is 1. The lowest BCUT2D eigenvalue weighted by atomic mass is 10.2. The molecule has 0 aliphatic heterocycles. The van der Waals surface area contributed by atoms with Crippen molar-refractivity contribution in [3.63, 3.8) is 0 Å². The first-order valence-corrected chi connectivity index (χ1v) is 12.3. The minimum Gasteiger partial charge on any atom is -0.355 e. The minimum absolute atomic E-state index is 0.133. The van der Waals surface area contributed by atoms with Crippen LogP contribution in [0.15, 0.2) is 40.4 Å². The molecule has 160 valence electrons. The third-order valence-corrected chi connectivity index (χ3v) is 6.40. The molecule has 0 spiro atoms. The zero-order chi connectivity index (χ0) is 21.4. The van der Waals surface area contributed by atoms with Crippen LogP contribution in [0.5, 0.6) is 0 Å². The van der Waals surface area contributed by atoms with Gasteiger partial charge in [0.05, 0.1) is 10.9 Å². The molecule has 0 saturated carbocycles. The van der Waals surface area contributed by atoms with Crippen molar-refractivity contribution >= 4 is 27.7 Å². The van der Waals surface area contributed by atoms with Crippen molar-refractivity contribution in [2.24, 2.45) is 5.92 Å². The van der Waals surface area contributed by atoms with Crippen molar-refractivity contribution < 1.29 is 13.2 Å². The molecule has 0 aliphatic carbocycles. The lowest BCUT2D eigenvalue weighted by Crippen LogP contribution is -2.45. The number of hydrogen-bond donors (Lipinski definition) is 2. The van der Waals surface area contributed by atoms with Gasteiger partial charge >= 0.3 is 0 Å². The SMILES string of the molecule is CSc1nnc(CCCNC(=O)[C@H](C)NS(=O)(=O)c2ccccc2)n1CC(C)C. The van der Waals surface area contributed by atoms with Gasteiger partial charge in [0.1, 0.15) is 5.82 Å². The zero-order valence-corrected chi connectivity index (χ0v) is 18.9. The van der Waals surface area contributed by atoms with E-state index in [4.69, 9.17) is 0 Å². The van der Waals surface area contributed by atoms with Crippen LogP contribution in [0.25, 0.3) is 0 Å². The first-order chi connectivity index (χ1) is 13.7. The molecule has 0 unspecified atom stereocenters. The fourth-order valence-corrected chi connectivity index (χ4v) is 4.52. The van der Waals surface area contributed by atoms with E-state index in [9.17, 15) is 13.2 Å². The quantitative estimate of drug-likeness (QED) is 0.410. The smallest absolute Gasteiger partial charge is 0.241 e. The van der Waals surface area contributed by atoms with E-state index in [-0.39, 0.29) is 10.8 Å². The Kier molecular flexibility index (Phi) is 8.66. The van der Waals surface area contributed by atoms with Gasteiger partial charge in [0.15, 0.2) is 5.16 Å². The highest BCUT2D eigenvalue weighted by molar-refractivity contribution is 7.98. The fourth-order valence-electron chi connectivity index (χ4n) is 2.77. The highest BCUT2D eigenvalue weighted by Gasteiger charge is 2.21. The Morgan fingerprint density at radius 3 is 2.48 bits per heavy atom. The number of sulfonamides is 1. The third-order valence-electron chi connectivity index (χ3n) is 4.18. The van der Waals surface area contributed by atoms with Gasteiger partial charge < -0.3 is 9.88 Å². The Bertz CT molecular complexity index is 898. The number of benzene rings is 1. The van der Waals surface area contributed by atoms with E-state index in [1.807, 2.05) is 6.26 Å². The summed E-state index contributed by atoms with van der Waals surface area (Å²) < 4.78 is 29.1. The van der Waals surface area contributed by atoms with E-state index in [1.165, 1.54) is 19.1 Å². The number of rotatable bonds is 11. The highest BCUT2D eigenvalue weighted by Crippen LogP contribution is 2.16. The molecule has 0 aliphatic rings. The van der Waals surface area contributed by atoms with Gasteiger partial charge in [-0.1, -0.05) is 43.8 Å². The number of nitrogens with one attached hydrogen (secondary N) is 2. The van der Waals surface area contributed by atoms with Gasteiger partial charge in [-0.05, 0) is 37.7 Å². The van der Waals surface area contributed by atoms with Crippen molar-refractivity contribution in [1.29, 1.82) is 0 Å². The Balaban J connectivity index is 1.83. The van der Waals surface area contributed by atoms with Crippen LogP contribution in [0, 0.1) is 5.92 Å². The summed E-state index contributed by atoms with van der Waals surface area (Å²) in [5.41, 5.74) is 0. The average molecular weight is 440 g/mol. The summed E-state index contributed by atoms with van der Waals surface area (Å²) in [7, 11) is -3.73. The molecule has 29 heavy (non-hydrogen) atoms. The molecule has 1 amide bonds. The molecular formula is C19H29N5O3S2. The van der Waals surface area contributed by atoms with Crippen LogP contribution in [-0.2, 0) is 27.8 Å². The molecule has 0 saturated heterocycles. The Hall–Kier alpha value is -1.91. The van der Waals surface area contributed by atoms with E-state index < -0.39 is 16.1 Å². The molecule has 2 aromatic rings. The van der Waals surface area contributed by atoms with Crippen LogP contribution in [0.4, 0.5) is 0 Å². The van der Waals surface area contributed by atoms with Crippen molar-refractivity contribution in [2.45, 2.75) is 56.3 Å². The van der Waals surface area contributed by atoms with E-state index in [1.54, 1.807) is 30.0 Å². The van der Waals surface area contributed by atoms with E-state index in [0.717, 1.165) is 17.5 Å². The molecular weight excluding hydrogens is 410 g/mol. The van der Waals surface area contributed by atoms with Crippen LogP contribution >= 0.6 is 11.8 Å². The molecule has 0 radical (unpaired) electrons. The Morgan fingerprint density at radius 1 is 1.17 bits per heavy atom. The maximum absolute atomic E-state index is 12.3. The van der Waals surface area contributed by atoms with Crippen LogP contribution in [0.2, 0.25) is 0 Å². The summed E-state index contributed by atoms with van der Waals surface area (Å²) in [6.07, 6.45) is 3.35. The normalized spacial score (nSPS) is 12.9. The van der Waals surface area contributed by atoms with Crippen molar-refractivity contribution in [2.75, 3.05) is 12.8 Å². The summed E-state index contributed by atoms with van der Waals surface area (Å²) >= 11 is 1.56. The second-order valence-corrected chi connectivity index (χ2v) is 9.65. The molecule has 1 heterocycles. The zero-order valence-electron chi connectivity index (χ0n) is 17.3. The maximum atomic E-state index is 12.3. The maximum Gasteiger partial charge on any atom is 0.241 e. The van der Waals surface area contributed by atoms with E-state index >= 15 is 0 Å². The lowest BCUT2D eigenvalue weighted by Gasteiger charge is -2.15. The van der Waals surface area contributed by atoms with Gasteiger partial charge in [-0.2, -0.15) is 4.72 Å². The largest absolute Gasteiger partial charge is 0.355 e. The number of aryl methyl sites for hydroxylation is 1. The summed E-state index contributed by atoms with van der Waals surface area (Å²) in [6, 6.07) is 7.12. The predicted molar refractivity (Wildman–Crippen MR) is 114 cm³/mol. The number of thioether (sulfide) groups is 1. The fraction of sp³-hybridized carbons (Fsp3) is 0.526. The monoisotopic (exact) mass is 439 g/mol. The molecule has 2 N–H and O–H groups in total. The summed E-state index contributed by atoms with van der Waals surface area (Å²) in [4.78, 5) is 12.4. The number of aromatic nitrogens is 3. The van der Waals surface area contributed by atoms with E-state index in [2.05, 4.69) is 38.7 Å². The van der Waals surface area contributed by atoms with Gasteiger partial charge in [0, 0.05) is 19.5 Å². The Labute approximate surface area is 176 Å². The van der Waals surface area contributed by atoms with Crippen molar-refractivity contribution in [3.8, 4) is 0 Å². The Morgan fingerprint density at radius 2 is 1.86 bits per heavy atom. The molecule has 1 aromatic heterocycles. The van der Waals surface area contributed by atoms with Gasteiger partial charge in [-0.15, -0.1) is 10.2 Å². The summed E-state index contributed by atoms with van der Waals surface area (Å²) in [6.45, 7) is 7.10. The molecule has 8 nitrogen and oxygen atoms in total. The van der Waals surface area contributed by atoms with Crippen LogP contribution in [-0.4, -0.2) is 47.9 Å². The number of hydrogen-bond acceptors (Lipinski definition) is 6. The molecule has 1 aromatic carbocycles. The first kappa shape index (κ1) is 23.4. The molecule has 10 heteroatoms. The lowest BCUT2D eigenvalue weighted by molar-refractivity contribution is -0.122. The van der Waals surface area contributed by atoms with Crippen molar-refractivity contribution in [3.05, 3.63) is 36.2 Å². The van der Waals surface area contributed by atoms with Crippen LogP contribution in [0.3, 0.4) is 0 Å². The van der Waals surface area contributed by atoms with Crippen LogP contribution < -0.4 is 10.0 Å². The summed E-state index contributed by atoms with van der Waals surface area (Å²) in [5, 5.41) is 12.1. The number of carbonyl (C=O) groups is 1. The van der Waals surface area contributed by atoms with E-state index in [0.29, 0.717) is 25.3 Å². The average Bonchev–Trinajstić information content (AvgIpc) is 3.06. The van der Waals surface area contributed by atoms with Gasteiger partial charge in [-0.3, -0.25) is 4.79 Å². The van der Waals surface area contributed by atoms with Gasteiger partial charge in [-0.25, -0.2) is 8.42 Å². The molecule has 0 bridgehead atoms. The summed E-state index contributed by atoms with van der Waals surface area (Å²) in [5.74, 6) is 1.02. The topological polar surface area (TPSA) is 106 Å². The standard InChI is InChI=1S/C19H29N5O3S2/c1-14(2)13-24-17(21-22-19(24)28-4)11-8-12-20-18(25)15(3)23-29(26,27)16-9-6-5-7-10-16/h5-7,9-10,14-15,23H,8,11-13H2,1-4H3,(H,20,25)/t15-/m0/s1. The highest BCUT2D eigenvalue weighted by atomic mass is 32.2. The van der Waals surface area contributed by atoms with Gasteiger partial charge in [0.2, 0.25) is 15.9 Å². The molecule has 2 rings (SSSR count). The minimum atomic E-state index is -3.73. The third kappa shape index (κ3) is 6.83. The van der Waals surface area contributed by atoms with Crippen LogP contribution in [0.1, 0.15) is 33.0 Å². The molecule has 1 atom stereocenters. The number of nitrogens with zero attached hydrogens (tertiary/aromatic N) is 3. The molecule has 0 fully saturated rings. The van der Waals surface area contributed by atoms with Gasteiger partial charge in [0.25, 0.3) is 0 Å². The second-order valence-electron chi connectivity index (χ2n) is 7.16. The first-order valence-electron chi connectivity index (χ1n) is 9.55. The predicted octanol–water partition coefficient (Wildman–Crippen LogP) is 2.07. The number of amides is 1. The van der Waals surface area contributed by atoms with Crippen molar-refractivity contribution in [1.82, 2.24) is 24.8 Å². The second kappa shape index (κ2) is 10.7.